The number of carbonyl (C=O) groups excluding carboxylic acids is 1. The number of benzene rings is 1. The van der Waals surface area contributed by atoms with Crippen molar-refractivity contribution in [1.29, 1.82) is 0 Å². The standard InChI is InChI=1S/C11H11ClF3NO3/c1-18-9-3-2-8(19-11(13,14)15)4-7(9)6-16-10(17)5-12/h2-4H,5-6H2,1H3,(H,16,17). The Balaban J connectivity index is 2.86. The van der Waals surface area contributed by atoms with Crippen molar-refractivity contribution in [1.82, 2.24) is 5.32 Å². The van der Waals surface area contributed by atoms with E-state index >= 15 is 0 Å². The summed E-state index contributed by atoms with van der Waals surface area (Å²) in [4.78, 5) is 11.0. The van der Waals surface area contributed by atoms with E-state index in [1.165, 1.54) is 13.2 Å². The zero-order chi connectivity index (χ0) is 14.5. The van der Waals surface area contributed by atoms with E-state index in [1.54, 1.807) is 0 Å². The number of rotatable bonds is 5. The fraction of sp³-hybridized carbons (Fsp3) is 0.364. The zero-order valence-electron chi connectivity index (χ0n) is 9.88. The number of halogens is 4. The zero-order valence-corrected chi connectivity index (χ0v) is 10.6. The predicted molar refractivity (Wildman–Crippen MR) is 62.2 cm³/mol. The molecule has 0 saturated heterocycles. The smallest absolute Gasteiger partial charge is 0.496 e. The third-order valence-electron chi connectivity index (χ3n) is 2.08. The van der Waals surface area contributed by atoms with Gasteiger partial charge in [-0.2, -0.15) is 0 Å². The van der Waals surface area contributed by atoms with Crippen molar-refractivity contribution in [3.05, 3.63) is 23.8 Å². The number of methoxy groups -OCH3 is 1. The number of amides is 1. The Kier molecular flexibility index (Phi) is 5.29. The first-order chi connectivity index (χ1) is 8.85. The molecular weight excluding hydrogens is 287 g/mol. The average molecular weight is 298 g/mol. The first-order valence-corrected chi connectivity index (χ1v) is 5.64. The molecular formula is C11H11ClF3NO3. The maximum atomic E-state index is 12.1. The molecule has 0 heterocycles. The molecule has 0 aliphatic carbocycles. The lowest BCUT2D eigenvalue weighted by Gasteiger charge is -2.13. The number of hydrogen-bond acceptors (Lipinski definition) is 3. The van der Waals surface area contributed by atoms with Crippen LogP contribution in [-0.4, -0.2) is 25.3 Å². The number of nitrogens with one attached hydrogen (secondary N) is 1. The Labute approximate surface area is 112 Å². The van der Waals surface area contributed by atoms with Gasteiger partial charge >= 0.3 is 6.36 Å². The molecule has 0 aliphatic rings. The lowest BCUT2D eigenvalue weighted by molar-refractivity contribution is -0.274. The highest BCUT2D eigenvalue weighted by Gasteiger charge is 2.31. The first kappa shape index (κ1) is 15.4. The van der Waals surface area contributed by atoms with Crippen molar-refractivity contribution < 1.29 is 27.4 Å². The molecule has 0 bridgehead atoms. The van der Waals surface area contributed by atoms with Crippen LogP contribution in [-0.2, 0) is 11.3 Å². The minimum absolute atomic E-state index is 0.0101. The molecule has 0 spiro atoms. The molecule has 0 atom stereocenters. The van der Waals surface area contributed by atoms with Crippen LogP contribution in [0.3, 0.4) is 0 Å². The minimum Gasteiger partial charge on any atom is -0.496 e. The van der Waals surface area contributed by atoms with Crippen LogP contribution in [0.25, 0.3) is 0 Å². The van der Waals surface area contributed by atoms with Crippen molar-refractivity contribution >= 4 is 17.5 Å². The van der Waals surface area contributed by atoms with Gasteiger partial charge in [0.25, 0.3) is 0 Å². The molecule has 0 radical (unpaired) electrons. The SMILES string of the molecule is COc1ccc(OC(F)(F)F)cc1CNC(=O)CCl. The Morgan fingerprint density at radius 1 is 1.42 bits per heavy atom. The van der Waals surface area contributed by atoms with E-state index in [0.717, 1.165) is 12.1 Å². The van der Waals surface area contributed by atoms with E-state index in [-0.39, 0.29) is 18.2 Å². The quantitative estimate of drug-likeness (QED) is 0.849. The second-order valence-electron chi connectivity index (χ2n) is 3.43. The summed E-state index contributed by atoms with van der Waals surface area (Å²) in [5.41, 5.74) is 0.350. The molecule has 8 heteroatoms. The summed E-state index contributed by atoms with van der Waals surface area (Å²) < 4.78 is 45.0. The van der Waals surface area contributed by atoms with Crippen LogP contribution < -0.4 is 14.8 Å². The van der Waals surface area contributed by atoms with Gasteiger partial charge in [0.15, 0.2) is 0 Å². The van der Waals surface area contributed by atoms with E-state index < -0.39 is 12.3 Å². The first-order valence-electron chi connectivity index (χ1n) is 5.11. The number of alkyl halides is 4. The molecule has 1 rings (SSSR count). The Morgan fingerprint density at radius 2 is 2.11 bits per heavy atom. The van der Waals surface area contributed by atoms with Gasteiger partial charge in [-0.3, -0.25) is 4.79 Å². The fourth-order valence-electron chi connectivity index (χ4n) is 1.33. The van der Waals surface area contributed by atoms with Crippen LogP contribution in [0.5, 0.6) is 11.5 Å². The van der Waals surface area contributed by atoms with Gasteiger partial charge in [0.1, 0.15) is 17.4 Å². The molecule has 1 aromatic rings. The molecule has 0 fully saturated rings. The summed E-state index contributed by atoms with van der Waals surface area (Å²) >= 11 is 5.29. The molecule has 0 saturated carbocycles. The van der Waals surface area contributed by atoms with Crippen molar-refractivity contribution in [3.8, 4) is 11.5 Å². The fourth-order valence-corrected chi connectivity index (χ4v) is 1.43. The van der Waals surface area contributed by atoms with E-state index in [9.17, 15) is 18.0 Å². The van der Waals surface area contributed by atoms with Gasteiger partial charge in [-0.05, 0) is 18.2 Å². The largest absolute Gasteiger partial charge is 0.573 e. The molecule has 19 heavy (non-hydrogen) atoms. The van der Waals surface area contributed by atoms with Gasteiger partial charge in [-0.25, -0.2) is 0 Å². The minimum atomic E-state index is -4.77. The topological polar surface area (TPSA) is 47.6 Å². The van der Waals surface area contributed by atoms with E-state index in [1.807, 2.05) is 0 Å². The van der Waals surface area contributed by atoms with E-state index in [0.29, 0.717) is 11.3 Å². The lowest BCUT2D eigenvalue weighted by atomic mass is 10.2. The van der Waals surface area contributed by atoms with Crippen LogP contribution in [0.2, 0.25) is 0 Å². The summed E-state index contributed by atoms with van der Waals surface area (Å²) in [6.07, 6.45) is -4.77. The van der Waals surface area contributed by atoms with Gasteiger partial charge in [0, 0.05) is 12.1 Å². The molecule has 4 nitrogen and oxygen atoms in total. The maximum absolute atomic E-state index is 12.1. The second kappa shape index (κ2) is 6.51. The van der Waals surface area contributed by atoms with Crippen LogP contribution in [0, 0.1) is 0 Å². The second-order valence-corrected chi connectivity index (χ2v) is 3.70. The maximum Gasteiger partial charge on any atom is 0.573 e. The van der Waals surface area contributed by atoms with Crippen molar-refractivity contribution in [2.24, 2.45) is 0 Å². The van der Waals surface area contributed by atoms with Crippen LogP contribution in [0.4, 0.5) is 13.2 Å². The Bertz CT molecular complexity index is 451. The lowest BCUT2D eigenvalue weighted by Crippen LogP contribution is -2.24. The van der Waals surface area contributed by atoms with Crippen LogP contribution >= 0.6 is 11.6 Å². The van der Waals surface area contributed by atoms with E-state index in [2.05, 4.69) is 10.1 Å². The molecule has 0 aliphatic heterocycles. The van der Waals surface area contributed by atoms with Crippen molar-refractivity contribution in [2.75, 3.05) is 13.0 Å². The van der Waals surface area contributed by atoms with Gasteiger partial charge < -0.3 is 14.8 Å². The average Bonchev–Trinajstić information content (AvgIpc) is 2.34. The summed E-state index contributed by atoms with van der Waals surface area (Å²) in [7, 11) is 1.37. The predicted octanol–water partition coefficient (Wildman–Crippen LogP) is 2.45. The number of ether oxygens (including phenoxy) is 2. The molecule has 106 valence electrons. The molecule has 0 unspecified atom stereocenters. The third-order valence-corrected chi connectivity index (χ3v) is 2.33. The van der Waals surface area contributed by atoms with Gasteiger partial charge in [0.05, 0.1) is 7.11 Å². The van der Waals surface area contributed by atoms with Crippen molar-refractivity contribution in [2.45, 2.75) is 12.9 Å². The molecule has 1 N–H and O–H groups in total. The molecule has 0 aromatic heterocycles. The molecule has 1 aromatic carbocycles. The molecule has 1 amide bonds. The van der Waals surface area contributed by atoms with Crippen LogP contribution in [0.1, 0.15) is 5.56 Å². The third kappa shape index (κ3) is 5.25. The van der Waals surface area contributed by atoms with E-state index in [4.69, 9.17) is 16.3 Å². The summed E-state index contributed by atoms with van der Waals surface area (Å²) in [5, 5.41) is 2.43. The van der Waals surface area contributed by atoms with Gasteiger partial charge in [-0.1, -0.05) is 0 Å². The number of hydrogen-bond donors (Lipinski definition) is 1. The van der Waals surface area contributed by atoms with Gasteiger partial charge in [0.2, 0.25) is 5.91 Å². The summed E-state index contributed by atoms with van der Waals surface area (Å²) in [5.74, 6) is -0.722. The monoisotopic (exact) mass is 297 g/mol. The summed E-state index contributed by atoms with van der Waals surface area (Å²) in [6.45, 7) is -0.0101. The highest BCUT2D eigenvalue weighted by molar-refractivity contribution is 6.27. The summed E-state index contributed by atoms with van der Waals surface area (Å²) in [6, 6.07) is 3.59. The highest BCUT2D eigenvalue weighted by Crippen LogP contribution is 2.28. The Hall–Kier alpha value is -1.63. The highest BCUT2D eigenvalue weighted by atomic mass is 35.5. The Morgan fingerprint density at radius 3 is 2.63 bits per heavy atom. The van der Waals surface area contributed by atoms with Crippen LogP contribution in [0.15, 0.2) is 18.2 Å². The van der Waals surface area contributed by atoms with Crippen molar-refractivity contribution in [3.63, 3.8) is 0 Å². The normalized spacial score (nSPS) is 11.0. The number of carbonyl (C=O) groups is 1. The van der Waals surface area contributed by atoms with Gasteiger partial charge in [-0.15, -0.1) is 24.8 Å².